The lowest BCUT2D eigenvalue weighted by Crippen LogP contribution is -2.00. The minimum absolute atomic E-state index is 0.198. The van der Waals surface area contributed by atoms with Crippen molar-refractivity contribution >= 4 is 5.97 Å². The van der Waals surface area contributed by atoms with Gasteiger partial charge in [0.25, 0.3) is 0 Å². The number of hydrogen-bond acceptors (Lipinski definition) is 4. The van der Waals surface area contributed by atoms with Crippen LogP contribution in [0.15, 0.2) is 18.6 Å². The standard InChI is InChI=1S/C7H8N2O2/c1-6(10)11-5-7-4-8-2-3-9-7/h2-4H,5H2,1H3. The van der Waals surface area contributed by atoms with Crippen LogP contribution in [-0.4, -0.2) is 15.9 Å². The number of esters is 1. The summed E-state index contributed by atoms with van der Waals surface area (Å²) in [5, 5.41) is 0. The van der Waals surface area contributed by atoms with E-state index in [-0.39, 0.29) is 12.6 Å². The summed E-state index contributed by atoms with van der Waals surface area (Å²) in [5.41, 5.74) is 0.655. The maximum absolute atomic E-state index is 10.3. The van der Waals surface area contributed by atoms with Crippen molar-refractivity contribution in [1.29, 1.82) is 0 Å². The molecule has 4 nitrogen and oxygen atoms in total. The Morgan fingerprint density at radius 1 is 1.64 bits per heavy atom. The van der Waals surface area contributed by atoms with Gasteiger partial charge < -0.3 is 4.74 Å². The molecular weight excluding hydrogens is 144 g/mol. The van der Waals surface area contributed by atoms with Gasteiger partial charge in [-0.05, 0) is 0 Å². The molecule has 0 bridgehead atoms. The molecule has 58 valence electrons. The van der Waals surface area contributed by atoms with Crippen LogP contribution in [0.5, 0.6) is 0 Å². The normalized spacial score (nSPS) is 9.18. The Bertz CT molecular complexity index is 235. The number of carbonyl (C=O) groups excluding carboxylic acids is 1. The van der Waals surface area contributed by atoms with Crippen LogP contribution in [0.3, 0.4) is 0 Å². The second-order valence-corrected chi connectivity index (χ2v) is 1.98. The van der Waals surface area contributed by atoms with Crippen molar-refractivity contribution in [1.82, 2.24) is 9.97 Å². The van der Waals surface area contributed by atoms with Crippen LogP contribution in [0, 0.1) is 0 Å². The molecule has 0 amide bonds. The average Bonchev–Trinajstić information content (AvgIpc) is 2.03. The third-order valence-electron chi connectivity index (χ3n) is 1.04. The van der Waals surface area contributed by atoms with Crippen LogP contribution in [0.25, 0.3) is 0 Å². The molecule has 1 aromatic heterocycles. The van der Waals surface area contributed by atoms with Gasteiger partial charge in [-0.3, -0.25) is 14.8 Å². The van der Waals surface area contributed by atoms with Gasteiger partial charge in [0.2, 0.25) is 0 Å². The number of ether oxygens (including phenoxy) is 1. The van der Waals surface area contributed by atoms with E-state index < -0.39 is 0 Å². The molecule has 1 aromatic rings. The first kappa shape index (κ1) is 7.65. The van der Waals surface area contributed by atoms with E-state index in [1.54, 1.807) is 18.6 Å². The molecule has 1 rings (SSSR count). The highest BCUT2D eigenvalue weighted by molar-refractivity contribution is 5.65. The van der Waals surface area contributed by atoms with E-state index in [0.29, 0.717) is 5.69 Å². The van der Waals surface area contributed by atoms with Crippen molar-refractivity contribution in [2.24, 2.45) is 0 Å². The molecular formula is C7H8N2O2. The van der Waals surface area contributed by atoms with Gasteiger partial charge in [-0.25, -0.2) is 0 Å². The summed E-state index contributed by atoms with van der Waals surface area (Å²) in [4.78, 5) is 18.1. The molecule has 0 fully saturated rings. The van der Waals surface area contributed by atoms with E-state index >= 15 is 0 Å². The summed E-state index contributed by atoms with van der Waals surface area (Å²) in [6.07, 6.45) is 4.68. The average molecular weight is 152 g/mol. The molecule has 0 aliphatic heterocycles. The summed E-state index contributed by atoms with van der Waals surface area (Å²) in [5.74, 6) is -0.310. The maximum Gasteiger partial charge on any atom is 0.303 e. The molecule has 0 aromatic carbocycles. The Morgan fingerprint density at radius 3 is 3.00 bits per heavy atom. The molecule has 0 aliphatic rings. The van der Waals surface area contributed by atoms with E-state index in [9.17, 15) is 4.79 Å². The summed E-state index contributed by atoms with van der Waals surface area (Å²) in [6.45, 7) is 1.56. The highest BCUT2D eigenvalue weighted by Gasteiger charge is 1.95. The van der Waals surface area contributed by atoms with Crippen molar-refractivity contribution in [3.05, 3.63) is 24.3 Å². The summed E-state index contributed by atoms with van der Waals surface area (Å²) >= 11 is 0. The highest BCUT2D eigenvalue weighted by atomic mass is 16.5. The lowest BCUT2D eigenvalue weighted by Gasteiger charge is -1.98. The minimum atomic E-state index is -0.310. The number of rotatable bonds is 2. The SMILES string of the molecule is CC(=O)OCc1cnccn1. The molecule has 0 spiro atoms. The van der Waals surface area contributed by atoms with E-state index in [0.717, 1.165) is 0 Å². The fourth-order valence-electron chi connectivity index (χ4n) is 0.580. The third kappa shape index (κ3) is 2.75. The van der Waals surface area contributed by atoms with Crippen molar-refractivity contribution in [3.63, 3.8) is 0 Å². The van der Waals surface area contributed by atoms with Gasteiger partial charge in [-0.1, -0.05) is 0 Å². The first-order valence-corrected chi connectivity index (χ1v) is 3.17. The van der Waals surface area contributed by atoms with Crippen LogP contribution < -0.4 is 0 Å². The van der Waals surface area contributed by atoms with Crippen molar-refractivity contribution in [2.75, 3.05) is 0 Å². The van der Waals surface area contributed by atoms with E-state index in [2.05, 4.69) is 14.7 Å². The lowest BCUT2D eigenvalue weighted by molar-refractivity contribution is -0.142. The van der Waals surface area contributed by atoms with Crippen LogP contribution in [0.2, 0.25) is 0 Å². The van der Waals surface area contributed by atoms with Crippen LogP contribution >= 0.6 is 0 Å². The number of nitrogens with zero attached hydrogens (tertiary/aromatic N) is 2. The number of aromatic nitrogens is 2. The topological polar surface area (TPSA) is 52.1 Å². The van der Waals surface area contributed by atoms with Crippen LogP contribution in [0.1, 0.15) is 12.6 Å². The first-order chi connectivity index (χ1) is 5.29. The summed E-state index contributed by atoms with van der Waals surface area (Å²) in [6, 6.07) is 0. The van der Waals surface area contributed by atoms with Crippen LogP contribution in [-0.2, 0) is 16.1 Å². The van der Waals surface area contributed by atoms with Gasteiger partial charge in [-0.2, -0.15) is 0 Å². The molecule has 0 radical (unpaired) electrons. The lowest BCUT2D eigenvalue weighted by atomic mass is 10.5. The van der Waals surface area contributed by atoms with E-state index in [1.165, 1.54) is 6.92 Å². The zero-order valence-electron chi connectivity index (χ0n) is 6.15. The van der Waals surface area contributed by atoms with Gasteiger partial charge >= 0.3 is 5.97 Å². The molecule has 0 N–H and O–H groups in total. The maximum atomic E-state index is 10.3. The molecule has 1 heterocycles. The van der Waals surface area contributed by atoms with Crippen molar-refractivity contribution < 1.29 is 9.53 Å². The molecule has 0 unspecified atom stereocenters. The van der Waals surface area contributed by atoms with Gasteiger partial charge in [-0.15, -0.1) is 0 Å². The smallest absolute Gasteiger partial charge is 0.303 e. The van der Waals surface area contributed by atoms with E-state index in [1.807, 2.05) is 0 Å². The van der Waals surface area contributed by atoms with Gasteiger partial charge in [0, 0.05) is 19.3 Å². The van der Waals surface area contributed by atoms with Crippen LogP contribution in [0.4, 0.5) is 0 Å². The Labute approximate surface area is 64.2 Å². The molecule has 11 heavy (non-hydrogen) atoms. The first-order valence-electron chi connectivity index (χ1n) is 3.17. The second-order valence-electron chi connectivity index (χ2n) is 1.98. The molecule has 0 aliphatic carbocycles. The third-order valence-corrected chi connectivity index (χ3v) is 1.04. The Balaban J connectivity index is 2.45. The molecule has 0 atom stereocenters. The number of hydrogen-bond donors (Lipinski definition) is 0. The van der Waals surface area contributed by atoms with Gasteiger partial charge in [0.1, 0.15) is 6.61 Å². The zero-order valence-corrected chi connectivity index (χ0v) is 6.15. The minimum Gasteiger partial charge on any atom is -0.459 e. The summed E-state index contributed by atoms with van der Waals surface area (Å²) in [7, 11) is 0. The molecule has 0 saturated heterocycles. The monoisotopic (exact) mass is 152 g/mol. The zero-order chi connectivity index (χ0) is 8.10. The van der Waals surface area contributed by atoms with Gasteiger partial charge in [0.15, 0.2) is 0 Å². The predicted octanol–water partition coefficient (Wildman–Crippen LogP) is 0.540. The fraction of sp³-hybridized carbons (Fsp3) is 0.286. The molecule has 4 heteroatoms. The van der Waals surface area contributed by atoms with Crippen molar-refractivity contribution in [3.8, 4) is 0 Å². The Hall–Kier alpha value is -1.45. The summed E-state index contributed by atoms with van der Waals surface area (Å²) < 4.78 is 4.69. The Morgan fingerprint density at radius 2 is 2.45 bits per heavy atom. The van der Waals surface area contributed by atoms with Crippen molar-refractivity contribution in [2.45, 2.75) is 13.5 Å². The largest absolute Gasteiger partial charge is 0.459 e. The van der Waals surface area contributed by atoms with Gasteiger partial charge in [0.05, 0.1) is 11.9 Å². The molecule has 0 saturated carbocycles. The van der Waals surface area contributed by atoms with E-state index in [4.69, 9.17) is 0 Å². The number of carbonyl (C=O) groups is 1. The quantitative estimate of drug-likeness (QED) is 0.580. The highest BCUT2D eigenvalue weighted by Crippen LogP contribution is 1.92. The fourth-order valence-corrected chi connectivity index (χ4v) is 0.580. The Kier molecular flexibility index (Phi) is 2.54. The predicted molar refractivity (Wildman–Crippen MR) is 37.5 cm³/mol. The second kappa shape index (κ2) is 3.65.